The van der Waals surface area contributed by atoms with Crippen molar-refractivity contribution in [1.29, 1.82) is 0 Å². The van der Waals surface area contributed by atoms with Gasteiger partial charge in [0.2, 0.25) is 0 Å². The summed E-state index contributed by atoms with van der Waals surface area (Å²) in [5, 5.41) is 2.56. The Balaban J connectivity index is 2.37. The molecule has 82 valence electrons. The summed E-state index contributed by atoms with van der Waals surface area (Å²) in [6.07, 6.45) is 1.44. The van der Waals surface area contributed by atoms with E-state index in [2.05, 4.69) is 4.98 Å². The van der Waals surface area contributed by atoms with E-state index >= 15 is 0 Å². The Kier molecular flexibility index (Phi) is 1.61. The molecular formula is C13H6ClNO2. The SMILES string of the molecule is Clc1ccc2oc3ccc4ncoc4c3c2c1. The van der Waals surface area contributed by atoms with E-state index in [1.54, 1.807) is 0 Å². The summed E-state index contributed by atoms with van der Waals surface area (Å²) in [7, 11) is 0. The minimum atomic E-state index is 0.678. The second kappa shape index (κ2) is 3.02. The molecule has 4 aromatic rings. The Morgan fingerprint density at radius 2 is 1.94 bits per heavy atom. The zero-order valence-corrected chi connectivity index (χ0v) is 9.36. The van der Waals surface area contributed by atoms with Crippen molar-refractivity contribution >= 4 is 44.6 Å². The van der Waals surface area contributed by atoms with E-state index in [-0.39, 0.29) is 0 Å². The molecule has 2 aromatic heterocycles. The molecule has 0 aliphatic heterocycles. The van der Waals surface area contributed by atoms with Gasteiger partial charge in [-0.1, -0.05) is 11.6 Å². The van der Waals surface area contributed by atoms with E-state index in [0.717, 1.165) is 33.0 Å². The van der Waals surface area contributed by atoms with Gasteiger partial charge in [-0.25, -0.2) is 4.98 Å². The Hall–Kier alpha value is -2.00. The predicted molar refractivity (Wildman–Crippen MR) is 66.3 cm³/mol. The number of aromatic nitrogens is 1. The first-order valence-electron chi connectivity index (χ1n) is 5.17. The lowest BCUT2D eigenvalue weighted by atomic mass is 10.1. The maximum atomic E-state index is 6.01. The second-order valence-corrected chi connectivity index (χ2v) is 4.32. The first kappa shape index (κ1) is 9.07. The van der Waals surface area contributed by atoms with Crippen molar-refractivity contribution in [3.63, 3.8) is 0 Å². The quantitative estimate of drug-likeness (QED) is 0.460. The Labute approximate surface area is 101 Å². The number of benzene rings is 2. The summed E-state index contributed by atoms with van der Waals surface area (Å²) in [5.74, 6) is 0. The van der Waals surface area contributed by atoms with Crippen molar-refractivity contribution in [2.75, 3.05) is 0 Å². The lowest BCUT2D eigenvalue weighted by Crippen LogP contribution is -1.70. The third-order valence-corrected chi connectivity index (χ3v) is 3.13. The number of rotatable bonds is 0. The molecule has 0 spiro atoms. The topological polar surface area (TPSA) is 39.2 Å². The largest absolute Gasteiger partial charge is 0.456 e. The molecular weight excluding hydrogens is 238 g/mol. The van der Waals surface area contributed by atoms with Gasteiger partial charge in [-0.15, -0.1) is 0 Å². The lowest BCUT2D eigenvalue weighted by Gasteiger charge is -1.91. The molecule has 3 nitrogen and oxygen atoms in total. The van der Waals surface area contributed by atoms with Crippen molar-refractivity contribution in [3.8, 4) is 0 Å². The van der Waals surface area contributed by atoms with Crippen LogP contribution < -0.4 is 0 Å². The van der Waals surface area contributed by atoms with Gasteiger partial charge in [0, 0.05) is 10.4 Å². The summed E-state index contributed by atoms with van der Waals surface area (Å²) >= 11 is 6.01. The number of hydrogen-bond donors (Lipinski definition) is 0. The zero-order chi connectivity index (χ0) is 11.4. The predicted octanol–water partition coefficient (Wildman–Crippen LogP) is 4.38. The van der Waals surface area contributed by atoms with Crippen LogP contribution in [0.25, 0.3) is 33.0 Å². The third kappa shape index (κ3) is 1.14. The highest BCUT2D eigenvalue weighted by atomic mass is 35.5. The second-order valence-electron chi connectivity index (χ2n) is 3.88. The molecule has 4 rings (SSSR count). The van der Waals surface area contributed by atoms with Gasteiger partial charge in [-0.3, -0.25) is 0 Å². The highest BCUT2D eigenvalue weighted by molar-refractivity contribution is 6.32. The van der Waals surface area contributed by atoms with Crippen LogP contribution in [-0.2, 0) is 0 Å². The first-order valence-corrected chi connectivity index (χ1v) is 5.55. The number of furan rings is 1. The van der Waals surface area contributed by atoms with Crippen LogP contribution in [0.2, 0.25) is 5.02 Å². The fourth-order valence-electron chi connectivity index (χ4n) is 2.16. The van der Waals surface area contributed by atoms with Crippen molar-refractivity contribution in [3.05, 3.63) is 41.7 Å². The number of oxazole rings is 1. The number of hydrogen-bond acceptors (Lipinski definition) is 3. The molecule has 2 heterocycles. The molecule has 2 aromatic carbocycles. The number of halogens is 1. The van der Waals surface area contributed by atoms with Gasteiger partial charge in [0.15, 0.2) is 12.0 Å². The Morgan fingerprint density at radius 1 is 1.06 bits per heavy atom. The molecule has 0 bridgehead atoms. The molecule has 0 aliphatic carbocycles. The van der Waals surface area contributed by atoms with Gasteiger partial charge in [0.1, 0.15) is 16.7 Å². The Morgan fingerprint density at radius 3 is 2.88 bits per heavy atom. The zero-order valence-electron chi connectivity index (χ0n) is 8.61. The van der Waals surface area contributed by atoms with Gasteiger partial charge in [-0.05, 0) is 30.3 Å². The van der Waals surface area contributed by atoms with E-state index in [9.17, 15) is 0 Å². The summed E-state index contributed by atoms with van der Waals surface area (Å²) in [6, 6.07) is 9.33. The van der Waals surface area contributed by atoms with Crippen LogP contribution in [0, 0.1) is 0 Å². The van der Waals surface area contributed by atoms with Crippen LogP contribution in [0.4, 0.5) is 0 Å². The summed E-state index contributed by atoms with van der Waals surface area (Å²) in [6.45, 7) is 0. The molecule has 0 saturated heterocycles. The number of nitrogens with zero attached hydrogens (tertiary/aromatic N) is 1. The van der Waals surface area contributed by atoms with Gasteiger partial charge >= 0.3 is 0 Å². The van der Waals surface area contributed by atoms with Crippen LogP contribution >= 0.6 is 11.6 Å². The highest BCUT2D eigenvalue weighted by Crippen LogP contribution is 2.35. The summed E-state index contributed by atoms with van der Waals surface area (Å²) < 4.78 is 11.2. The fraction of sp³-hybridized carbons (Fsp3) is 0. The molecule has 0 saturated carbocycles. The molecule has 0 atom stereocenters. The monoisotopic (exact) mass is 243 g/mol. The van der Waals surface area contributed by atoms with E-state index in [1.165, 1.54) is 6.39 Å². The van der Waals surface area contributed by atoms with Gasteiger partial charge < -0.3 is 8.83 Å². The fourth-order valence-corrected chi connectivity index (χ4v) is 2.33. The summed E-state index contributed by atoms with van der Waals surface area (Å²) in [4.78, 5) is 4.14. The van der Waals surface area contributed by atoms with Crippen molar-refractivity contribution in [2.24, 2.45) is 0 Å². The van der Waals surface area contributed by atoms with Crippen LogP contribution in [0.3, 0.4) is 0 Å². The van der Waals surface area contributed by atoms with E-state index < -0.39 is 0 Å². The molecule has 0 aliphatic rings. The third-order valence-electron chi connectivity index (χ3n) is 2.89. The average Bonchev–Trinajstić information content (AvgIpc) is 2.90. The van der Waals surface area contributed by atoms with Crippen molar-refractivity contribution in [2.45, 2.75) is 0 Å². The normalized spacial score (nSPS) is 11.8. The Bertz CT molecular complexity index is 860. The molecule has 0 fully saturated rings. The standard InChI is InChI=1S/C13H6ClNO2/c14-7-1-3-10-8(5-7)12-11(17-10)4-2-9-13(12)16-6-15-9/h1-6H. The van der Waals surface area contributed by atoms with Gasteiger partial charge in [-0.2, -0.15) is 0 Å². The molecule has 4 heteroatoms. The van der Waals surface area contributed by atoms with Crippen LogP contribution in [-0.4, -0.2) is 4.98 Å². The first-order chi connectivity index (χ1) is 8.33. The van der Waals surface area contributed by atoms with Crippen LogP contribution in [0.15, 0.2) is 45.6 Å². The molecule has 0 N–H and O–H groups in total. The molecule has 0 radical (unpaired) electrons. The number of fused-ring (bicyclic) bond motifs is 5. The molecule has 0 unspecified atom stereocenters. The minimum absolute atomic E-state index is 0.678. The lowest BCUT2D eigenvalue weighted by molar-refractivity contribution is 0.604. The van der Waals surface area contributed by atoms with Crippen LogP contribution in [0.5, 0.6) is 0 Å². The van der Waals surface area contributed by atoms with Crippen LogP contribution in [0.1, 0.15) is 0 Å². The van der Waals surface area contributed by atoms with E-state index in [1.807, 2.05) is 30.3 Å². The molecule has 0 amide bonds. The van der Waals surface area contributed by atoms with Gasteiger partial charge in [0.05, 0.1) is 5.39 Å². The maximum Gasteiger partial charge on any atom is 0.182 e. The van der Waals surface area contributed by atoms with Crippen molar-refractivity contribution in [1.82, 2.24) is 4.98 Å². The smallest absolute Gasteiger partial charge is 0.182 e. The van der Waals surface area contributed by atoms with Gasteiger partial charge in [0.25, 0.3) is 0 Å². The van der Waals surface area contributed by atoms with Crippen molar-refractivity contribution < 1.29 is 8.83 Å². The maximum absolute atomic E-state index is 6.01. The average molecular weight is 244 g/mol. The highest BCUT2D eigenvalue weighted by Gasteiger charge is 2.13. The summed E-state index contributed by atoms with van der Waals surface area (Å²) in [5.41, 5.74) is 3.14. The van der Waals surface area contributed by atoms with E-state index in [0.29, 0.717) is 5.02 Å². The van der Waals surface area contributed by atoms with E-state index in [4.69, 9.17) is 20.4 Å². The molecule has 17 heavy (non-hydrogen) atoms. The minimum Gasteiger partial charge on any atom is -0.456 e.